The molecule has 2 aliphatic heterocycles. The van der Waals surface area contributed by atoms with Gasteiger partial charge in [0.2, 0.25) is 5.91 Å². The van der Waals surface area contributed by atoms with Gasteiger partial charge < -0.3 is 15.0 Å². The molecule has 4 nitrogen and oxygen atoms in total. The zero-order valence-electron chi connectivity index (χ0n) is 9.07. The number of likely N-dealkylation sites (N-methyl/N-ethyl adjacent to an activating group) is 1. The molecule has 0 aromatic heterocycles. The Hall–Kier alpha value is -0.260. The standard InChI is InChI=1S/C10H18N2O2S/c1-12(8-2-4-14-6-8)10(13)9-7-15-5-3-11-9/h8-9,11H,2-7H2,1H3. The highest BCUT2D eigenvalue weighted by Gasteiger charge is 2.29. The first kappa shape index (κ1) is 11.2. The number of hydrogen-bond donors (Lipinski definition) is 1. The molecule has 2 unspecified atom stereocenters. The van der Waals surface area contributed by atoms with Crippen molar-refractivity contribution in [1.82, 2.24) is 10.2 Å². The van der Waals surface area contributed by atoms with Gasteiger partial charge in [0.05, 0.1) is 18.7 Å². The fourth-order valence-electron chi connectivity index (χ4n) is 1.98. The number of nitrogens with zero attached hydrogens (tertiary/aromatic N) is 1. The Labute approximate surface area is 94.7 Å². The summed E-state index contributed by atoms with van der Waals surface area (Å²) in [6, 6.07) is 0.292. The molecule has 2 atom stereocenters. The average molecular weight is 230 g/mol. The predicted molar refractivity (Wildman–Crippen MR) is 61.1 cm³/mol. The van der Waals surface area contributed by atoms with Crippen LogP contribution in [0.5, 0.6) is 0 Å². The molecule has 0 aromatic rings. The Morgan fingerprint density at radius 2 is 2.47 bits per heavy atom. The molecule has 0 aliphatic carbocycles. The summed E-state index contributed by atoms with van der Waals surface area (Å²) in [5.74, 6) is 2.23. The van der Waals surface area contributed by atoms with E-state index in [1.54, 1.807) is 0 Å². The van der Waals surface area contributed by atoms with Crippen molar-refractivity contribution in [3.63, 3.8) is 0 Å². The number of hydrogen-bond acceptors (Lipinski definition) is 4. The fourth-order valence-corrected chi connectivity index (χ4v) is 2.90. The zero-order valence-corrected chi connectivity index (χ0v) is 9.89. The van der Waals surface area contributed by atoms with Crippen molar-refractivity contribution in [3.05, 3.63) is 0 Å². The van der Waals surface area contributed by atoms with Gasteiger partial charge in [-0.25, -0.2) is 0 Å². The van der Waals surface area contributed by atoms with Crippen LogP contribution in [0.3, 0.4) is 0 Å². The van der Waals surface area contributed by atoms with E-state index in [2.05, 4.69) is 5.32 Å². The van der Waals surface area contributed by atoms with E-state index in [9.17, 15) is 4.79 Å². The molecule has 0 spiro atoms. The minimum absolute atomic E-state index is 0.00866. The summed E-state index contributed by atoms with van der Waals surface area (Å²) in [6.45, 7) is 2.42. The van der Waals surface area contributed by atoms with E-state index in [1.807, 2.05) is 23.7 Å². The van der Waals surface area contributed by atoms with Crippen molar-refractivity contribution in [2.75, 3.05) is 38.3 Å². The van der Waals surface area contributed by atoms with Crippen LogP contribution in [-0.2, 0) is 9.53 Å². The molecule has 1 N–H and O–H groups in total. The van der Waals surface area contributed by atoms with Gasteiger partial charge in [0.15, 0.2) is 0 Å². The summed E-state index contributed by atoms with van der Waals surface area (Å²) >= 11 is 1.85. The molecule has 15 heavy (non-hydrogen) atoms. The Kier molecular flexibility index (Phi) is 3.88. The van der Waals surface area contributed by atoms with Crippen LogP contribution in [0.1, 0.15) is 6.42 Å². The van der Waals surface area contributed by atoms with E-state index < -0.39 is 0 Å². The quantitative estimate of drug-likeness (QED) is 0.721. The van der Waals surface area contributed by atoms with Crippen molar-refractivity contribution < 1.29 is 9.53 Å². The first-order valence-corrected chi connectivity index (χ1v) is 6.60. The first-order valence-electron chi connectivity index (χ1n) is 5.44. The van der Waals surface area contributed by atoms with Gasteiger partial charge in [0.1, 0.15) is 0 Å². The molecule has 0 saturated carbocycles. The van der Waals surface area contributed by atoms with Gasteiger partial charge in [-0.15, -0.1) is 0 Å². The molecule has 2 heterocycles. The second-order valence-corrected chi connectivity index (χ2v) is 5.20. The molecule has 2 saturated heterocycles. The SMILES string of the molecule is CN(C(=O)C1CSCCN1)C1CCOC1. The molecular formula is C10H18N2O2S. The molecule has 0 aromatic carbocycles. The number of thioether (sulfide) groups is 1. The zero-order chi connectivity index (χ0) is 10.7. The number of carbonyl (C=O) groups is 1. The van der Waals surface area contributed by atoms with Crippen LogP contribution < -0.4 is 5.32 Å². The molecule has 2 rings (SSSR count). The third kappa shape index (κ3) is 2.65. The topological polar surface area (TPSA) is 41.6 Å². The highest BCUT2D eigenvalue weighted by Crippen LogP contribution is 2.14. The summed E-state index contributed by atoms with van der Waals surface area (Å²) in [7, 11) is 1.89. The van der Waals surface area contributed by atoms with Crippen LogP contribution in [0.4, 0.5) is 0 Å². The molecule has 2 fully saturated rings. The molecule has 2 aliphatic rings. The van der Waals surface area contributed by atoms with Crippen molar-refractivity contribution >= 4 is 17.7 Å². The van der Waals surface area contributed by atoms with Gasteiger partial charge in [0, 0.05) is 31.7 Å². The van der Waals surface area contributed by atoms with Crippen molar-refractivity contribution in [3.8, 4) is 0 Å². The van der Waals surface area contributed by atoms with Gasteiger partial charge in [-0.1, -0.05) is 0 Å². The summed E-state index contributed by atoms with van der Waals surface area (Å²) in [6.07, 6.45) is 0.974. The summed E-state index contributed by atoms with van der Waals surface area (Å²) in [5, 5.41) is 3.27. The van der Waals surface area contributed by atoms with Gasteiger partial charge in [-0.3, -0.25) is 4.79 Å². The smallest absolute Gasteiger partial charge is 0.240 e. The van der Waals surface area contributed by atoms with Crippen molar-refractivity contribution in [2.45, 2.75) is 18.5 Å². The number of amides is 1. The minimum Gasteiger partial charge on any atom is -0.379 e. The Morgan fingerprint density at radius 3 is 3.07 bits per heavy atom. The number of carbonyl (C=O) groups excluding carboxylic acids is 1. The summed E-state index contributed by atoms with van der Waals surface area (Å²) in [5.41, 5.74) is 0. The normalized spacial score (nSPS) is 31.5. The van der Waals surface area contributed by atoms with Crippen LogP contribution in [0, 0.1) is 0 Å². The lowest BCUT2D eigenvalue weighted by Crippen LogP contribution is -2.52. The first-order chi connectivity index (χ1) is 7.29. The van der Waals surface area contributed by atoms with Gasteiger partial charge in [-0.05, 0) is 6.42 Å². The van der Waals surface area contributed by atoms with Crippen LogP contribution in [0.15, 0.2) is 0 Å². The van der Waals surface area contributed by atoms with Gasteiger partial charge in [0.25, 0.3) is 0 Å². The van der Waals surface area contributed by atoms with E-state index >= 15 is 0 Å². The summed E-state index contributed by atoms with van der Waals surface area (Å²) in [4.78, 5) is 13.9. The predicted octanol–water partition coefficient (Wildman–Crippen LogP) is -0.0613. The van der Waals surface area contributed by atoms with Gasteiger partial charge in [-0.2, -0.15) is 11.8 Å². The maximum atomic E-state index is 12.1. The molecule has 1 amide bonds. The lowest BCUT2D eigenvalue weighted by atomic mass is 10.2. The molecule has 86 valence electrons. The maximum absolute atomic E-state index is 12.1. The number of nitrogens with one attached hydrogen (secondary N) is 1. The van der Waals surface area contributed by atoms with Crippen molar-refractivity contribution in [1.29, 1.82) is 0 Å². The molecule has 0 bridgehead atoms. The third-order valence-electron chi connectivity index (χ3n) is 3.02. The van der Waals surface area contributed by atoms with Gasteiger partial charge >= 0.3 is 0 Å². The number of rotatable bonds is 2. The molecular weight excluding hydrogens is 212 g/mol. The van der Waals surface area contributed by atoms with E-state index in [1.165, 1.54) is 0 Å². The molecule has 5 heteroatoms. The van der Waals surface area contributed by atoms with E-state index in [-0.39, 0.29) is 18.0 Å². The monoisotopic (exact) mass is 230 g/mol. The second-order valence-electron chi connectivity index (χ2n) is 4.05. The summed E-state index contributed by atoms with van der Waals surface area (Å²) < 4.78 is 5.30. The maximum Gasteiger partial charge on any atom is 0.240 e. The highest BCUT2D eigenvalue weighted by atomic mass is 32.2. The molecule has 0 radical (unpaired) electrons. The largest absolute Gasteiger partial charge is 0.379 e. The fraction of sp³-hybridized carbons (Fsp3) is 0.900. The van der Waals surface area contributed by atoms with Crippen LogP contribution >= 0.6 is 11.8 Å². The van der Waals surface area contributed by atoms with Crippen LogP contribution in [-0.4, -0.2) is 61.2 Å². The Bertz CT molecular complexity index is 225. The van der Waals surface area contributed by atoms with E-state index in [0.717, 1.165) is 31.1 Å². The van der Waals surface area contributed by atoms with Crippen molar-refractivity contribution in [2.24, 2.45) is 0 Å². The second kappa shape index (κ2) is 5.18. The minimum atomic E-state index is 0.00866. The lowest BCUT2D eigenvalue weighted by Gasteiger charge is -2.30. The highest BCUT2D eigenvalue weighted by molar-refractivity contribution is 7.99. The average Bonchev–Trinajstić information content (AvgIpc) is 2.82. The van der Waals surface area contributed by atoms with E-state index in [0.29, 0.717) is 6.61 Å². The lowest BCUT2D eigenvalue weighted by molar-refractivity contribution is -0.133. The Morgan fingerprint density at radius 1 is 1.60 bits per heavy atom. The van der Waals surface area contributed by atoms with E-state index in [4.69, 9.17) is 4.74 Å². The van der Waals surface area contributed by atoms with Crippen LogP contribution in [0.2, 0.25) is 0 Å². The van der Waals surface area contributed by atoms with Crippen LogP contribution in [0.25, 0.3) is 0 Å². The Balaban J connectivity index is 1.87. The number of ether oxygens (including phenoxy) is 1. The third-order valence-corrected chi connectivity index (χ3v) is 4.08.